The van der Waals surface area contributed by atoms with Crippen LogP contribution in [0.25, 0.3) is 0 Å². The molecule has 0 aromatic rings. The monoisotopic (exact) mass is 189 g/mol. The van der Waals surface area contributed by atoms with Crippen molar-refractivity contribution < 1.29 is 0 Å². The Labute approximate surface area is 64.8 Å². The summed E-state index contributed by atoms with van der Waals surface area (Å²) in [5, 5.41) is 0. The molecule has 0 atom stereocenters. The fourth-order valence-corrected chi connectivity index (χ4v) is 2.52. The molecule has 0 aromatic carbocycles. The van der Waals surface area contributed by atoms with Crippen molar-refractivity contribution in [3.8, 4) is 0 Å². The lowest BCUT2D eigenvalue weighted by Gasteiger charge is -2.27. The SMILES string of the molecule is BrN1CCCC2(CC2)C1. The summed E-state index contributed by atoms with van der Waals surface area (Å²) in [6.07, 6.45) is 5.84. The van der Waals surface area contributed by atoms with E-state index in [9.17, 15) is 0 Å². The first-order chi connectivity index (χ1) is 4.31. The van der Waals surface area contributed by atoms with Gasteiger partial charge in [0.15, 0.2) is 0 Å². The van der Waals surface area contributed by atoms with Crippen LogP contribution in [-0.2, 0) is 0 Å². The van der Waals surface area contributed by atoms with Crippen molar-refractivity contribution in [3.63, 3.8) is 0 Å². The maximum Gasteiger partial charge on any atom is 0.0149 e. The van der Waals surface area contributed by atoms with Gasteiger partial charge >= 0.3 is 0 Å². The van der Waals surface area contributed by atoms with Crippen molar-refractivity contribution in [1.82, 2.24) is 3.93 Å². The summed E-state index contributed by atoms with van der Waals surface area (Å²) in [6, 6.07) is 0. The maximum absolute atomic E-state index is 3.54. The van der Waals surface area contributed by atoms with Crippen LogP contribution in [0.2, 0.25) is 0 Å². The van der Waals surface area contributed by atoms with Crippen molar-refractivity contribution in [2.45, 2.75) is 25.7 Å². The van der Waals surface area contributed by atoms with Crippen molar-refractivity contribution in [1.29, 1.82) is 0 Å². The molecule has 0 unspecified atom stereocenters. The van der Waals surface area contributed by atoms with E-state index in [-0.39, 0.29) is 0 Å². The average Bonchev–Trinajstić information content (AvgIpc) is 2.49. The second-order valence-electron chi connectivity index (χ2n) is 3.45. The highest BCUT2D eigenvalue weighted by molar-refractivity contribution is 9.07. The Bertz CT molecular complexity index is 120. The third-order valence-corrected chi connectivity index (χ3v) is 3.18. The second kappa shape index (κ2) is 1.96. The van der Waals surface area contributed by atoms with Crippen molar-refractivity contribution in [2.75, 3.05) is 13.1 Å². The van der Waals surface area contributed by atoms with E-state index in [0.29, 0.717) is 0 Å². The number of piperidine rings is 1. The quantitative estimate of drug-likeness (QED) is 0.529. The molecular formula is C7H12BrN. The Morgan fingerprint density at radius 2 is 2.00 bits per heavy atom. The molecule has 0 bridgehead atoms. The van der Waals surface area contributed by atoms with Gasteiger partial charge < -0.3 is 0 Å². The molecule has 0 amide bonds. The van der Waals surface area contributed by atoms with Gasteiger partial charge in [0.05, 0.1) is 0 Å². The number of hydrogen-bond donors (Lipinski definition) is 0. The highest BCUT2D eigenvalue weighted by atomic mass is 79.9. The Kier molecular flexibility index (Phi) is 1.34. The zero-order valence-electron chi connectivity index (χ0n) is 5.57. The molecule has 2 fully saturated rings. The molecule has 1 heterocycles. The molecule has 0 aromatic heterocycles. The second-order valence-corrected chi connectivity index (χ2v) is 4.45. The van der Waals surface area contributed by atoms with Gasteiger partial charge in [-0.3, -0.25) is 0 Å². The molecular weight excluding hydrogens is 178 g/mol. The van der Waals surface area contributed by atoms with Crippen LogP contribution < -0.4 is 0 Å². The van der Waals surface area contributed by atoms with Crippen LogP contribution in [-0.4, -0.2) is 17.0 Å². The molecule has 1 aliphatic carbocycles. The van der Waals surface area contributed by atoms with Gasteiger partial charge in [-0.1, -0.05) is 0 Å². The lowest BCUT2D eigenvalue weighted by molar-refractivity contribution is 0.274. The lowest BCUT2D eigenvalue weighted by Crippen LogP contribution is -2.28. The van der Waals surface area contributed by atoms with Crippen LogP contribution in [0.4, 0.5) is 0 Å². The minimum atomic E-state index is 0.780. The summed E-state index contributed by atoms with van der Waals surface area (Å²) >= 11 is 3.54. The predicted molar refractivity (Wildman–Crippen MR) is 41.4 cm³/mol. The third-order valence-electron chi connectivity index (χ3n) is 2.57. The van der Waals surface area contributed by atoms with Crippen LogP contribution in [0.15, 0.2) is 0 Å². The van der Waals surface area contributed by atoms with Gasteiger partial charge in [-0.25, -0.2) is 3.93 Å². The molecule has 1 saturated heterocycles. The van der Waals surface area contributed by atoms with Crippen LogP contribution in [0.1, 0.15) is 25.7 Å². The molecule has 0 N–H and O–H groups in total. The van der Waals surface area contributed by atoms with Gasteiger partial charge in [0.25, 0.3) is 0 Å². The molecule has 2 rings (SSSR count). The molecule has 1 aliphatic heterocycles. The number of rotatable bonds is 0. The van der Waals surface area contributed by atoms with Crippen LogP contribution in [0, 0.1) is 5.41 Å². The van der Waals surface area contributed by atoms with Crippen molar-refractivity contribution in [3.05, 3.63) is 0 Å². The van der Waals surface area contributed by atoms with Gasteiger partial charge in [-0.2, -0.15) is 0 Å². The molecule has 2 heteroatoms. The average molecular weight is 190 g/mol. The lowest BCUT2D eigenvalue weighted by atomic mass is 9.97. The molecule has 1 nitrogen and oxygen atoms in total. The Hall–Kier alpha value is 0.440. The van der Waals surface area contributed by atoms with Gasteiger partial charge in [-0.15, -0.1) is 0 Å². The van der Waals surface area contributed by atoms with E-state index in [1.165, 1.54) is 38.8 Å². The van der Waals surface area contributed by atoms with E-state index in [4.69, 9.17) is 0 Å². The van der Waals surface area contributed by atoms with E-state index in [1.807, 2.05) is 0 Å². The maximum atomic E-state index is 3.54. The topological polar surface area (TPSA) is 3.24 Å². The first kappa shape index (κ1) is 6.17. The molecule has 1 spiro atoms. The summed E-state index contributed by atoms with van der Waals surface area (Å²) < 4.78 is 2.30. The van der Waals surface area contributed by atoms with Crippen LogP contribution in [0.5, 0.6) is 0 Å². The largest absolute Gasteiger partial charge is 0.242 e. The van der Waals surface area contributed by atoms with Crippen molar-refractivity contribution in [2.24, 2.45) is 5.41 Å². The minimum Gasteiger partial charge on any atom is -0.242 e. The smallest absolute Gasteiger partial charge is 0.0149 e. The molecule has 0 radical (unpaired) electrons. The molecule has 9 heavy (non-hydrogen) atoms. The van der Waals surface area contributed by atoms with Gasteiger partial charge in [0.1, 0.15) is 0 Å². The highest BCUT2D eigenvalue weighted by Crippen LogP contribution is 2.52. The normalized spacial score (nSPS) is 33.0. The zero-order valence-corrected chi connectivity index (χ0v) is 7.15. The first-order valence-corrected chi connectivity index (χ1v) is 4.42. The van der Waals surface area contributed by atoms with Crippen LogP contribution in [0.3, 0.4) is 0 Å². The van der Waals surface area contributed by atoms with Gasteiger partial charge in [0.2, 0.25) is 0 Å². The van der Waals surface area contributed by atoms with Crippen molar-refractivity contribution >= 4 is 16.1 Å². The minimum absolute atomic E-state index is 0.780. The van der Waals surface area contributed by atoms with E-state index < -0.39 is 0 Å². The number of hydrogen-bond acceptors (Lipinski definition) is 1. The Balaban J connectivity index is 1.96. The predicted octanol–water partition coefficient (Wildman–Crippen LogP) is 2.17. The Morgan fingerprint density at radius 3 is 2.44 bits per heavy atom. The van der Waals surface area contributed by atoms with E-state index in [1.54, 1.807) is 0 Å². The number of nitrogens with zero attached hydrogens (tertiary/aromatic N) is 1. The summed E-state index contributed by atoms with van der Waals surface area (Å²) in [7, 11) is 0. The molecule has 52 valence electrons. The summed E-state index contributed by atoms with van der Waals surface area (Å²) in [6.45, 7) is 2.55. The summed E-state index contributed by atoms with van der Waals surface area (Å²) in [4.78, 5) is 0. The van der Waals surface area contributed by atoms with Gasteiger partial charge in [0, 0.05) is 29.2 Å². The highest BCUT2D eigenvalue weighted by Gasteiger charge is 2.44. The zero-order chi connectivity index (χ0) is 6.32. The Morgan fingerprint density at radius 1 is 1.22 bits per heavy atom. The fourth-order valence-electron chi connectivity index (χ4n) is 1.73. The first-order valence-electron chi connectivity index (χ1n) is 3.72. The molecule has 2 aliphatic rings. The summed E-state index contributed by atoms with van der Waals surface area (Å²) in [5.41, 5.74) is 0.780. The molecule has 1 saturated carbocycles. The third kappa shape index (κ3) is 1.15. The fraction of sp³-hybridized carbons (Fsp3) is 1.00. The van der Waals surface area contributed by atoms with Gasteiger partial charge in [-0.05, 0) is 31.1 Å². The van der Waals surface area contributed by atoms with E-state index in [2.05, 4.69) is 20.1 Å². The number of halogens is 1. The van der Waals surface area contributed by atoms with E-state index >= 15 is 0 Å². The standard InChI is InChI=1S/C7H12BrN/c8-9-5-1-2-7(6-9)3-4-7/h1-6H2. The van der Waals surface area contributed by atoms with Crippen LogP contribution >= 0.6 is 16.1 Å². The summed E-state index contributed by atoms with van der Waals surface area (Å²) in [5.74, 6) is 0. The van der Waals surface area contributed by atoms with E-state index in [0.717, 1.165) is 5.41 Å².